The molecule has 0 saturated carbocycles. The Kier molecular flexibility index (Phi) is 3.64. The lowest BCUT2D eigenvalue weighted by molar-refractivity contribution is 0.593. The standard InChI is InChI=1S/C14H15N3O2S/c1-4-16-20(18,19)14(8-15)11-5-6-13-12(7-11)10(2)9-17(13)3/h4-7,9,14H,1-3H3. The van der Waals surface area contributed by atoms with E-state index < -0.39 is 15.3 Å². The zero-order chi connectivity index (χ0) is 14.9. The van der Waals surface area contributed by atoms with Crippen LogP contribution in [-0.4, -0.2) is 19.2 Å². The van der Waals surface area contributed by atoms with Crippen LogP contribution in [0, 0.1) is 18.3 Å². The van der Waals surface area contributed by atoms with Crippen LogP contribution >= 0.6 is 0 Å². The van der Waals surface area contributed by atoms with Crippen LogP contribution in [0.15, 0.2) is 28.8 Å². The highest BCUT2D eigenvalue weighted by molar-refractivity contribution is 7.90. The smallest absolute Gasteiger partial charge is 0.273 e. The fourth-order valence-electron chi connectivity index (χ4n) is 2.29. The largest absolute Gasteiger partial charge is 0.350 e. The Labute approximate surface area is 118 Å². The predicted octanol–water partition coefficient (Wildman–Crippen LogP) is 2.47. The predicted molar refractivity (Wildman–Crippen MR) is 79.1 cm³/mol. The number of nitriles is 1. The number of hydrogen-bond donors (Lipinski definition) is 0. The number of sulfonamides is 1. The minimum absolute atomic E-state index is 0.444. The summed E-state index contributed by atoms with van der Waals surface area (Å²) in [4.78, 5) is 0. The number of nitrogens with zero attached hydrogens (tertiary/aromatic N) is 3. The van der Waals surface area contributed by atoms with E-state index in [1.165, 1.54) is 13.1 Å². The van der Waals surface area contributed by atoms with Crippen LogP contribution in [0.5, 0.6) is 0 Å². The molecule has 0 fully saturated rings. The second-order valence-corrected chi connectivity index (χ2v) is 6.30. The molecule has 2 aromatic rings. The number of fused-ring (bicyclic) bond motifs is 1. The van der Waals surface area contributed by atoms with Crippen molar-refractivity contribution in [2.75, 3.05) is 0 Å². The minimum Gasteiger partial charge on any atom is -0.350 e. The third-order valence-electron chi connectivity index (χ3n) is 3.18. The zero-order valence-corrected chi connectivity index (χ0v) is 12.3. The van der Waals surface area contributed by atoms with Crippen LogP contribution in [0.4, 0.5) is 0 Å². The van der Waals surface area contributed by atoms with Crippen LogP contribution in [-0.2, 0) is 17.1 Å². The van der Waals surface area contributed by atoms with E-state index in [4.69, 9.17) is 0 Å². The van der Waals surface area contributed by atoms with Gasteiger partial charge in [-0.3, -0.25) is 0 Å². The molecule has 1 unspecified atom stereocenters. The number of aryl methyl sites for hydroxylation is 2. The Morgan fingerprint density at radius 3 is 2.75 bits per heavy atom. The molecule has 0 aliphatic heterocycles. The van der Waals surface area contributed by atoms with Gasteiger partial charge < -0.3 is 4.57 Å². The van der Waals surface area contributed by atoms with Crippen molar-refractivity contribution in [3.8, 4) is 6.07 Å². The molecular weight excluding hydrogens is 274 g/mol. The molecule has 0 aliphatic rings. The molecule has 1 atom stereocenters. The molecule has 6 heteroatoms. The lowest BCUT2D eigenvalue weighted by Crippen LogP contribution is -2.09. The molecule has 0 aliphatic carbocycles. The molecule has 0 radical (unpaired) electrons. The Bertz CT molecular complexity index is 826. The maximum absolute atomic E-state index is 12.0. The van der Waals surface area contributed by atoms with Crippen LogP contribution in [0.2, 0.25) is 0 Å². The maximum Gasteiger partial charge on any atom is 0.273 e. The van der Waals surface area contributed by atoms with Crippen molar-refractivity contribution in [1.82, 2.24) is 4.57 Å². The topological polar surface area (TPSA) is 75.2 Å². The summed E-state index contributed by atoms with van der Waals surface area (Å²) in [6.07, 6.45) is 3.15. The first-order valence-electron chi connectivity index (χ1n) is 6.09. The van der Waals surface area contributed by atoms with Gasteiger partial charge in [-0.25, -0.2) is 8.42 Å². The van der Waals surface area contributed by atoms with Gasteiger partial charge in [0.2, 0.25) is 0 Å². The number of hydrogen-bond acceptors (Lipinski definition) is 3. The first-order valence-corrected chi connectivity index (χ1v) is 7.60. The van der Waals surface area contributed by atoms with Crippen LogP contribution in [0.1, 0.15) is 23.3 Å². The van der Waals surface area contributed by atoms with E-state index in [2.05, 4.69) is 4.40 Å². The molecule has 0 amide bonds. The Balaban J connectivity index is 2.63. The highest BCUT2D eigenvalue weighted by Crippen LogP contribution is 2.28. The van der Waals surface area contributed by atoms with Crippen molar-refractivity contribution in [2.24, 2.45) is 11.4 Å². The molecule has 0 N–H and O–H groups in total. The first kappa shape index (κ1) is 14.3. The fourth-order valence-corrected chi connectivity index (χ4v) is 3.33. The molecule has 20 heavy (non-hydrogen) atoms. The van der Waals surface area contributed by atoms with Crippen LogP contribution < -0.4 is 0 Å². The Morgan fingerprint density at radius 2 is 2.15 bits per heavy atom. The number of rotatable bonds is 3. The SMILES string of the molecule is CC=NS(=O)(=O)C(C#N)c1ccc2c(c1)c(C)cn2C. The van der Waals surface area contributed by atoms with Crippen LogP contribution in [0.3, 0.4) is 0 Å². The van der Waals surface area contributed by atoms with Crippen molar-refractivity contribution in [3.63, 3.8) is 0 Å². The van der Waals surface area contributed by atoms with Crippen LogP contribution in [0.25, 0.3) is 10.9 Å². The minimum atomic E-state index is -3.85. The van der Waals surface area contributed by atoms with Crippen molar-refractivity contribution < 1.29 is 8.42 Å². The number of benzene rings is 1. The van der Waals surface area contributed by atoms with Crippen molar-refractivity contribution in [2.45, 2.75) is 19.1 Å². The molecular formula is C14H15N3O2S. The van der Waals surface area contributed by atoms with E-state index >= 15 is 0 Å². The summed E-state index contributed by atoms with van der Waals surface area (Å²) < 4.78 is 29.3. The van der Waals surface area contributed by atoms with E-state index in [-0.39, 0.29) is 0 Å². The average Bonchev–Trinajstić information content (AvgIpc) is 2.65. The third kappa shape index (κ3) is 2.32. The molecule has 1 heterocycles. The van der Waals surface area contributed by atoms with Gasteiger partial charge in [0, 0.05) is 30.4 Å². The average molecular weight is 289 g/mol. The molecule has 2 rings (SSSR count). The van der Waals surface area contributed by atoms with Gasteiger partial charge in [-0.1, -0.05) is 6.07 Å². The zero-order valence-electron chi connectivity index (χ0n) is 11.5. The summed E-state index contributed by atoms with van der Waals surface area (Å²) >= 11 is 0. The van der Waals surface area contributed by atoms with E-state index in [1.807, 2.05) is 36.9 Å². The second-order valence-electron chi connectivity index (χ2n) is 4.59. The molecule has 1 aromatic heterocycles. The van der Waals surface area contributed by atoms with Gasteiger partial charge in [-0.15, -0.1) is 0 Å². The Hall–Kier alpha value is -2.13. The van der Waals surface area contributed by atoms with Gasteiger partial charge in [0.25, 0.3) is 10.0 Å². The second kappa shape index (κ2) is 5.10. The summed E-state index contributed by atoms with van der Waals surface area (Å²) in [5, 5.41) is 8.85. The molecule has 5 nitrogen and oxygen atoms in total. The lowest BCUT2D eigenvalue weighted by Gasteiger charge is -2.08. The van der Waals surface area contributed by atoms with Gasteiger partial charge in [0.1, 0.15) is 0 Å². The maximum atomic E-state index is 12.0. The van der Waals surface area contributed by atoms with Gasteiger partial charge in [-0.2, -0.15) is 9.66 Å². The summed E-state index contributed by atoms with van der Waals surface area (Å²) in [7, 11) is -1.92. The van der Waals surface area contributed by atoms with Crippen molar-refractivity contribution in [3.05, 3.63) is 35.5 Å². The monoisotopic (exact) mass is 289 g/mol. The van der Waals surface area contributed by atoms with E-state index in [9.17, 15) is 13.7 Å². The van der Waals surface area contributed by atoms with E-state index in [0.29, 0.717) is 5.56 Å². The molecule has 0 bridgehead atoms. The summed E-state index contributed by atoms with van der Waals surface area (Å²) in [6.45, 7) is 3.46. The Morgan fingerprint density at radius 1 is 1.45 bits per heavy atom. The summed E-state index contributed by atoms with van der Waals surface area (Å²) in [5.74, 6) is 0. The first-order chi connectivity index (χ1) is 9.40. The van der Waals surface area contributed by atoms with Crippen molar-refractivity contribution in [1.29, 1.82) is 5.26 Å². The third-order valence-corrected chi connectivity index (χ3v) is 4.66. The van der Waals surface area contributed by atoms with E-state index in [0.717, 1.165) is 16.5 Å². The normalized spacial score (nSPS) is 13.7. The number of aromatic nitrogens is 1. The highest BCUT2D eigenvalue weighted by atomic mass is 32.2. The molecule has 0 saturated heterocycles. The van der Waals surface area contributed by atoms with Crippen molar-refractivity contribution >= 4 is 27.1 Å². The summed E-state index contributed by atoms with van der Waals surface area (Å²) in [5.41, 5.74) is 2.48. The summed E-state index contributed by atoms with van der Waals surface area (Å²) in [6, 6.07) is 7.07. The highest BCUT2D eigenvalue weighted by Gasteiger charge is 2.26. The van der Waals surface area contributed by atoms with Gasteiger partial charge in [0.15, 0.2) is 5.25 Å². The molecule has 1 aromatic carbocycles. The quantitative estimate of drug-likeness (QED) is 0.814. The van der Waals surface area contributed by atoms with Gasteiger partial charge >= 0.3 is 0 Å². The molecule has 0 spiro atoms. The van der Waals surface area contributed by atoms with Gasteiger partial charge in [-0.05, 0) is 37.1 Å². The van der Waals surface area contributed by atoms with E-state index in [1.54, 1.807) is 12.1 Å². The molecule has 104 valence electrons. The van der Waals surface area contributed by atoms with Gasteiger partial charge in [0.05, 0.1) is 6.07 Å². The lowest BCUT2D eigenvalue weighted by atomic mass is 10.1. The fraction of sp³-hybridized carbons (Fsp3) is 0.286.